The maximum absolute atomic E-state index is 14.2. The predicted octanol–water partition coefficient (Wildman–Crippen LogP) is 7.01. The van der Waals surface area contributed by atoms with E-state index in [1.54, 1.807) is 0 Å². The number of carbonyl (C=O) groups excluding carboxylic acids is 2. The zero-order valence-corrected chi connectivity index (χ0v) is 28.1. The second-order valence-electron chi connectivity index (χ2n) is 16.1. The number of ketones is 1. The number of benzene rings is 1. The van der Waals surface area contributed by atoms with E-state index in [0.717, 1.165) is 56.9 Å². The molecule has 7 heteroatoms. The van der Waals surface area contributed by atoms with Gasteiger partial charge in [0.05, 0.1) is 11.5 Å². The Kier molecular flexibility index (Phi) is 9.47. The molecule has 1 aromatic carbocycles. The Balaban J connectivity index is 0.000000609. The van der Waals surface area contributed by atoms with Gasteiger partial charge in [0, 0.05) is 13.0 Å². The number of carbonyl (C=O) groups is 3. The van der Waals surface area contributed by atoms with Crippen molar-refractivity contribution in [2.24, 2.45) is 51.2 Å². The number of ether oxygens (including phenoxy) is 2. The Bertz CT molecular complexity index is 1310. The lowest BCUT2D eigenvalue weighted by Crippen LogP contribution is -2.62. The first-order chi connectivity index (χ1) is 21.2. The van der Waals surface area contributed by atoms with Gasteiger partial charge in [0.15, 0.2) is 5.78 Å². The largest absolute Gasteiger partial charge is 0.480 e. The molecule has 7 nitrogen and oxygen atoms in total. The summed E-state index contributed by atoms with van der Waals surface area (Å²) in [7, 11) is 1.34. The molecule has 0 aliphatic heterocycles. The van der Waals surface area contributed by atoms with Gasteiger partial charge < -0.3 is 19.7 Å². The number of carboxylic acid groups (broad SMARTS) is 1. The van der Waals surface area contributed by atoms with Crippen LogP contribution in [0, 0.1) is 51.2 Å². The molecule has 4 saturated carbocycles. The summed E-state index contributed by atoms with van der Waals surface area (Å²) in [6.45, 7) is 11.6. The highest BCUT2D eigenvalue weighted by Crippen LogP contribution is 2.70. The number of hydrogen-bond donors (Lipinski definition) is 2. The maximum atomic E-state index is 14.2. The van der Waals surface area contributed by atoms with Gasteiger partial charge in [-0.3, -0.25) is 9.59 Å². The normalized spacial score (nSPS) is 41.9. The molecule has 1 aromatic rings. The van der Waals surface area contributed by atoms with Crippen LogP contribution in [-0.2, 0) is 30.5 Å². The van der Waals surface area contributed by atoms with Gasteiger partial charge in [0.1, 0.15) is 13.2 Å². The first-order valence-electron chi connectivity index (χ1n) is 17.0. The van der Waals surface area contributed by atoms with Crippen molar-refractivity contribution in [3.05, 3.63) is 47.5 Å². The van der Waals surface area contributed by atoms with Crippen molar-refractivity contribution >= 4 is 17.7 Å². The number of esters is 1. The van der Waals surface area contributed by atoms with Gasteiger partial charge in [-0.05, 0) is 116 Å². The number of hydrogen-bond acceptors (Lipinski definition) is 6. The molecule has 0 heterocycles. The predicted molar refractivity (Wildman–Crippen MR) is 172 cm³/mol. The number of aliphatic carboxylic acids is 1. The number of rotatable bonds is 5. The molecule has 10 atom stereocenters. The first-order valence-corrected chi connectivity index (χ1v) is 17.0. The molecule has 6 rings (SSSR count). The summed E-state index contributed by atoms with van der Waals surface area (Å²) in [5.41, 5.74) is 1.88. The molecule has 5 aliphatic rings. The molecule has 0 saturated heterocycles. The van der Waals surface area contributed by atoms with Crippen LogP contribution in [0.5, 0.6) is 0 Å². The Labute approximate surface area is 269 Å². The molecule has 0 amide bonds. The van der Waals surface area contributed by atoms with E-state index < -0.39 is 11.4 Å². The summed E-state index contributed by atoms with van der Waals surface area (Å²) < 4.78 is 10.1. The first kappa shape index (κ1) is 33.8. The average Bonchev–Trinajstić information content (AvgIpc) is 2.99. The summed E-state index contributed by atoms with van der Waals surface area (Å²) in [6, 6.07) is 9.92. The minimum Gasteiger partial charge on any atom is -0.480 e. The SMILES string of the molecule is CC1C(O)CCC2(C)C1CCC1(C)C3CCC4(C)CC[C@](C)(C(=O)OCc5ccccc5)CC4C3=CC(=O)C12.COCC(=O)O. The van der Waals surface area contributed by atoms with Crippen LogP contribution in [0.15, 0.2) is 42.0 Å². The van der Waals surface area contributed by atoms with E-state index in [-0.39, 0.29) is 52.7 Å². The van der Waals surface area contributed by atoms with Crippen LogP contribution in [0.1, 0.15) is 98.0 Å². The van der Waals surface area contributed by atoms with Gasteiger partial charge in [0.25, 0.3) is 0 Å². The van der Waals surface area contributed by atoms with E-state index >= 15 is 0 Å². The van der Waals surface area contributed by atoms with Crippen LogP contribution in [0.4, 0.5) is 0 Å². The van der Waals surface area contributed by atoms with Crippen LogP contribution in [0.25, 0.3) is 0 Å². The third-order valence-electron chi connectivity index (χ3n) is 13.3. The molecule has 0 bridgehead atoms. The molecule has 2 N–H and O–H groups in total. The molecule has 9 unspecified atom stereocenters. The fourth-order valence-electron chi connectivity index (χ4n) is 10.7. The van der Waals surface area contributed by atoms with Crippen molar-refractivity contribution in [2.75, 3.05) is 13.7 Å². The van der Waals surface area contributed by atoms with Gasteiger partial charge in [-0.25, -0.2) is 4.79 Å². The molecule has 0 aromatic heterocycles. The standard InChI is InChI=1S/C35H48O4.C3H6O3/c1-22-25-12-15-35(5)26-11-14-32(2)17-18-33(3,31(38)39-21-23-9-7-6-8-10-23)20-27(32)24(26)19-29(37)30(35)34(25,4)16-13-28(22)36;1-6-2-3(4)5/h6-10,19,22,25-28,30,36H,11-18,20-21H2,1-5H3;2H2,1H3,(H,4,5)/t22?,25?,26?,27?,28?,30?,32?,33-,34?,35?;/m0./s1. The van der Waals surface area contributed by atoms with Crippen molar-refractivity contribution < 1.29 is 34.1 Å². The Morgan fingerprint density at radius 1 is 0.911 bits per heavy atom. The van der Waals surface area contributed by atoms with Gasteiger partial charge in [-0.15, -0.1) is 0 Å². The third-order valence-corrected chi connectivity index (χ3v) is 13.3. The number of methoxy groups -OCH3 is 1. The summed E-state index contributed by atoms with van der Waals surface area (Å²) in [5.74, 6) is 0.638. The van der Waals surface area contributed by atoms with Crippen LogP contribution in [-0.4, -0.2) is 47.8 Å². The van der Waals surface area contributed by atoms with Crippen LogP contribution in [0.2, 0.25) is 0 Å². The molecule has 248 valence electrons. The number of allylic oxidation sites excluding steroid dienone is 2. The summed E-state index contributed by atoms with van der Waals surface area (Å²) in [5, 5.41) is 18.5. The minimum absolute atomic E-state index is 0.0302. The number of aliphatic hydroxyl groups is 1. The lowest BCUT2D eigenvalue weighted by atomic mass is 9.38. The molecular weight excluding hydrogens is 568 g/mol. The lowest BCUT2D eigenvalue weighted by molar-refractivity contribution is -0.171. The summed E-state index contributed by atoms with van der Waals surface area (Å²) in [4.78, 5) is 37.2. The lowest BCUT2D eigenvalue weighted by Gasteiger charge is -2.65. The zero-order chi connectivity index (χ0) is 32.8. The average molecular weight is 623 g/mol. The number of aliphatic hydroxyl groups excluding tert-OH is 1. The monoisotopic (exact) mass is 622 g/mol. The van der Waals surface area contributed by atoms with E-state index in [1.165, 1.54) is 19.1 Å². The van der Waals surface area contributed by atoms with Crippen molar-refractivity contribution in [1.29, 1.82) is 0 Å². The molecule has 45 heavy (non-hydrogen) atoms. The van der Waals surface area contributed by atoms with Crippen LogP contribution in [0.3, 0.4) is 0 Å². The number of fused-ring (bicyclic) bond motifs is 7. The highest BCUT2D eigenvalue weighted by molar-refractivity contribution is 5.95. The minimum atomic E-state index is -0.933. The van der Waals surface area contributed by atoms with Crippen molar-refractivity contribution in [3.8, 4) is 0 Å². The maximum Gasteiger partial charge on any atom is 0.329 e. The van der Waals surface area contributed by atoms with E-state index in [1.807, 2.05) is 30.3 Å². The molecular formula is C38H54O7. The van der Waals surface area contributed by atoms with Gasteiger partial charge in [-0.1, -0.05) is 63.6 Å². The fraction of sp³-hybridized carbons (Fsp3) is 0.711. The topological polar surface area (TPSA) is 110 Å². The fourth-order valence-corrected chi connectivity index (χ4v) is 10.7. The van der Waals surface area contributed by atoms with Gasteiger partial charge in [0.2, 0.25) is 0 Å². The van der Waals surface area contributed by atoms with Gasteiger partial charge in [-0.2, -0.15) is 0 Å². The van der Waals surface area contributed by atoms with E-state index in [2.05, 4.69) is 45.4 Å². The highest BCUT2D eigenvalue weighted by Gasteiger charge is 2.65. The van der Waals surface area contributed by atoms with E-state index in [4.69, 9.17) is 9.84 Å². The smallest absolute Gasteiger partial charge is 0.329 e. The second-order valence-corrected chi connectivity index (χ2v) is 16.1. The number of carboxylic acids is 1. The molecule has 4 fully saturated rings. The van der Waals surface area contributed by atoms with Crippen molar-refractivity contribution in [2.45, 2.75) is 105 Å². The van der Waals surface area contributed by atoms with Crippen LogP contribution >= 0.6 is 0 Å². The summed E-state index contributed by atoms with van der Waals surface area (Å²) in [6.07, 6.45) is 10.7. The molecule has 0 radical (unpaired) electrons. The van der Waals surface area contributed by atoms with E-state index in [0.29, 0.717) is 24.2 Å². The summed E-state index contributed by atoms with van der Waals surface area (Å²) >= 11 is 0. The highest BCUT2D eigenvalue weighted by atomic mass is 16.5. The van der Waals surface area contributed by atoms with Crippen molar-refractivity contribution in [1.82, 2.24) is 0 Å². The molecule has 0 spiro atoms. The Hall–Kier alpha value is -2.51. The second kappa shape index (κ2) is 12.6. The van der Waals surface area contributed by atoms with Crippen molar-refractivity contribution in [3.63, 3.8) is 0 Å². The Morgan fingerprint density at radius 3 is 2.24 bits per heavy atom. The van der Waals surface area contributed by atoms with Crippen LogP contribution < -0.4 is 0 Å². The third kappa shape index (κ3) is 6.04. The zero-order valence-electron chi connectivity index (χ0n) is 28.1. The molecule has 5 aliphatic carbocycles. The van der Waals surface area contributed by atoms with Gasteiger partial charge >= 0.3 is 11.9 Å². The Morgan fingerprint density at radius 2 is 1.60 bits per heavy atom. The van der Waals surface area contributed by atoms with E-state index in [9.17, 15) is 19.5 Å². The quantitative estimate of drug-likeness (QED) is 0.340.